The zero-order valence-corrected chi connectivity index (χ0v) is 14.1. The minimum atomic E-state index is -0.280. The number of aryl methyl sites for hydroxylation is 1. The molecule has 0 aliphatic rings. The Morgan fingerprint density at radius 3 is 2.62 bits per heavy atom. The molecule has 0 fully saturated rings. The van der Waals surface area contributed by atoms with Gasteiger partial charge in [-0.05, 0) is 30.7 Å². The molecule has 0 spiro atoms. The lowest BCUT2D eigenvalue weighted by Gasteiger charge is -2.12. The van der Waals surface area contributed by atoms with Crippen molar-refractivity contribution in [3.8, 4) is 11.1 Å². The molecular formula is C18H15FN6O. The van der Waals surface area contributed by atoms with Crippen LogP contribution in [0.2, 0.25) is 0 Å². The maximum Gasteiger partial charge on any atom is 0.223 e. The Bertz CT molecular complexity index is 1060. The van der Waals surface area contributed by atoms with Crippen LogP contribution in [0, 0.1) is 12.7 Å². The standard InChI is InChI=1S/C18H15FN6O/c1-10(16-24-11(2)26-25-16)23-18-15-7-13(8-20-17(15)21-9-22-18)12-3-5-14(19)6-4-12/h3-10H,1-2H3,(H,20,21,22,23). The van der Waals surface area contributed by atoms with Gasteiger partial charge >= 0.3 is 0 Å². The summed E-state index contributed by atoms with van der Waals surface area (Å²) in [6.45, 7) is 3.65. The predicted octanol–water partition coefficient (Wildman–Crippen LogP) is 3.70. The van der Waals surface area contributed by atoms with Crippen LogP contribution in [-0.2, 0) is 0 Å². The molecule has 1 N–H and O–H groups in total. The summed E-state index contributed by atoms with van der Waals surface area (Å²) in [6, 6.07) is 7.97. The third-order valence-corrected chi connectivity index (χ3v) is 3.95. The van der Waals surface area contributed by atoms with Crippen LogP contribution >= 0.6 is 0 Å². The highest BCUT2D eigenvalue weighted by Gasteiger charge is 2.15. The molecule has 0 saturated heterocycles. The Morgan fingerprint density at radius 2 is 1.88 bits per heavy atom. The molecule has 0 aliphatic carbocycles. The summed E-state index contributed by atoms with van der Waals surface area (Å²) >= 11 is 0. The Kier molecular flexibility index (Phi) is 4.00. The lowest BCUT2D eigenvalue weighted by molar-refractivity contribution is 0.385. The summed E-state index contributed by atoms with van der Waals surface area (Å²) in [5.74, 6) is 1.37. The van der Waals surface area contributed by atoms with E-state index in [1.54, 1.807) is 25.3 Å². The summed E-state index contributed by atoms with van der Waals surface area (Å²) in [5, 5.41) is 7.94. The molecule has 0 bridgehead atoms. The topological polar surface area (TPSA) is 89.6 Å². The number of nitrogens with one attached hydrogen (secondary N) is 1. The second kappa shape index (κ2) is 6.47. The highest BCUT2D eigenvalue weighted by molar-refractivity contribution is 5.89. The summed E-state index contributed by atoms with van der Waals surface area (Å²) in [6.07, 6.45) is 3.15. The van der Waals surface area contributed by atoms with Crippen molar-refractivity contribution in [2.24, 2.45) is 0 Å². The van der Waals surface area contributed by atoms with E-state index in [-0.39, 0.29) is 11.9 Å². The van der Waals surface area contributed by atoms with Gasteiger partial charge in [0.1, 0.15) is 18.0 Å². The number of halogens is 1. The Labute approximate surface area is 148 Å². The molecule has 1 atom stereocenters. The summed E-state index contributed by atoms with van der Waals surface area (Å²) in [4.78, 5) is 17.1. The van der Waals surface area contributed by atoms with E-state index in [0.29, 0.717) is 23.2 Å². The van der Waals surface area contributed by atoms with Crippen molar-refractivity contribution in [1.82, 2.24) is 25.1 Å². The Morgan fingerprint density at radius 1 is 1.08 bits per heavy atom. The summed E-state index contributed by atoms with van der Waals surface area (Å²) in [5.41, 5.74) is 2.26. The molecule has 7 nitrogen and oxygen atoms in total. The van der Waals surface area contributed by atoms with Gasteiger partial charge in [-0.15, -0.1) is 0 Å². The second-order valence-corrected chi connectivity index (χ2v) is 5.86. The molecule has 0 radical (unpaired) electrons. The second-order valence-electron chi connectivity index (χ2n) is 5.86. The van der Waals surface area contributed by atoms with E-state index < -0.39 is 0 Å². The molecule has 26 heavy (non-hydrogen) atoms. The van der Waals surface area contributed by atoms with Gasteiger partial charge < -0.3 is 9.84 Å². The van der Waals surface area contributed by atoms with E-state index in [0.717, 1.165) is 16.5 Å². The number of rotatable bonds is 4. The third kappa shape index (κ3) is 3.08. The number of hydrogen-bond acceptors (Lipinski definition) is 7. The van der Waals surface area contributed by atoms with Gasteiger partial charge in [-0.1, -0.05) is 17.3 Å². The van der Waals surface area contributed by atoms with E-state index in [2.05, 4.69) is 30.4 Å². The maximum absolute atomic E-state index is 13.2. The van der Waals surface area contributed by atoms with Gasteiger partial charge in [-0.25, -0.2) is 19.3 Å². The fourth-order valence-corrected chi connectivity index (χ4v) is 2.62. The summed E-state index contributed by atoms with van der Waals surface area (Å²) < 4.78 is 18.2. The Balaban J connectivity index is 1.72. The lowest BCUT2D eigenvalue weighted by atomic mass is 10.1. The van der Waals surface area contributed by atoms with E-state index in [1.165, 1.54) is 18.5 Å². The van der Waals surface area contributed by atoms with Gasteiger partial charge in [-0.3, -0.25) is 0 Å². The number of aromatic nitrogens is 5. The first kappa shape index (κ1) is 16.1. The fraction of sp³-hybridized carbons (Fsp3) is 0.167. The molecule has 1 unspecified atom stereocenters. The molecule has 3 heterocycles. The van der Waals surface area contributed by atoms with Gasteiger partial charge in [0.15, 0.2) is 11.5 Å². The largest absolute Gasteiger partial charge is 0.360 e. The quantitative estimate of drug-likeness (QED) is 0.600. The van der Waals surface area contributed by atoms with Crippen molar-refractivity contribution in [1.29, 1.82) is 0 Å². The zero-order chi connectivity index (χ0) is 18.1. The third-order valence-electron chi connectivity index (χ3n) is 3.95. The van der Waals surface area contributed by atoms with Gasteiger partial charge in [-0.2, -0.15) is 4.98 Å². The van der Waals surface area contributed by atoms with Gasteiger partial charge in [0.05, 0.1) is 11.4 Å². The van der Waals surface area contributed by atoms with Gasteiger partial charge in [0, 0.05) is 18.7 Å². The predicted molar refractivity (Wildman–Crippen MR) is 93.8 cm³/mol. The van der Waals surface area contributed by atoms with Crippen LogP contribution in [0.25, 0.3) is 22.2 Å². The van der Waals surface area contributed by atoms with Crippen LogP contribution < -0.4 is 5.32 Å². The molecule has 0 aliphatic heterocycles. The maximum atomic E-state index is 13.2. The van der Waals surface area contributed by atoms with E-state index in [9.17, 15) is 4.39 Å². The van der Waals surface area contributed by atoms with E-state index >= 15 is 0 Å². The van der Waals surface area contributed by atoms with Crippen LogP contribution in [0.5, 0.6) is 0 Å². The molecule has 1 aromatic carbocycles. The van der Waals surface area contributed by atoms with Crippen LogP contribution in [-0.4, -0.2) is 25.1 Å². The SMILES string of the molecule is Cc1nc(C(C)Nc2ncnc3ncc(-c4ccc(F)cc4)cc23)no1. The zero-order valence-electron chi connectivity index (χ0n) is 14.1. The number of nitrogens with zero attached hydrogens (tertiary/aromatic N) is 5. The Hall–Kier alpha value is -3.42. The number of fused-ring (bicyclic) bond motifs is 1. The van der Waals surface area contributed by atoms with Crippen molar-refractivity contribution in [3.63, 3.8) is 0 Å². The normalized spacial score (nSPS) is 12.3. The van der Waals surface area contributed by atoms with Crippen LogP contribution in [0.1, 0.15) is 24.7 Å². The molecule has 8 heteroatoms. The monoisotopic (exact) mass is 350 g/mol. The lowest BCUT2D eigenvalue weighted by Crippen LogP contribution is -2.10. The van der Waals surface area contributed by atoms with Crippen LogP contribution in [0.4, 0.5) is 10.2 Å². The van der Waals surface area contributed by atoms with Crippen molar-refractivity contribution in [2.45, 2.75) is 19.9 Å². The first-order valence-corrected chi connectivity index (χ1v) is 8.03. The number of anilines is 1. The average molecular weight is 350 g/mol. The van der Waals surface area contributed by atoms with Crippen LogP contribution in [0.15, 0.2) is 47.4 Å². The summed E-state index contributed by atoms with van der Waals surface area (Å²) in [7, 11) is 0. The first-order valence-electron chi connectivity index (χ1n) is 8.03. The minimum absolute atomic E-state index is 0.208. The fourth-order valence-electron chi connectivity index (χ4n) is 2.62. The van der Waals surface area contributed by atoms with E-state index in [1.807, 2.05) is 13.0 Å². The molecular weight excluding hydrogens is 335 g/mol. The first-order chi connectivity index (χ1) is 12.6. The van der Waals surface area contributed by atoms with Crippen LogP contribution in [0.3, 0.4) is 0 Å². The number of hydrogen-bond donors (Lipinski definition) is 1. The van der Waals surface area contributed by atoms with Crippen molar-refractivity contribution >= 4 is 16.9 Å². The highest BCUT2D eigenvalue weighted by atomic mass is 19.1. The van der Waals surface area contributed by atoms with E-state index in [4.69, 9.17) is 4.52 Å². The number of pyridine rings is 1. The smallest absolute Gasteiger partial charge is 0.223 e. The van der Waals surface area contributed by atoms with Crippen molar-refractivity contribution in [3.05, 3.63) is 60.4 Å². The molecule has 4 rings (SSSR count). The molecule has 130 valence electrons. The van der Waals surface area contributed by atoms with Crippen molar-refractivity contribution in [2.75, 3.05) is 5.32 Å². The molecule has 0 amide bonds. The number of benzene rings is 1. The molecule has 0 saturated carbocycles. The van der Waals surface area contributed by atoms with Crippen molar-refractivity contribution < 1.29 is 8.91 Å². The molecule has 4 aromatic rings. The highest BCUT2D eigenvalue weighted by Crippen LogP contribution is 2.27. The van der Waals surface area contributed by atoms with Gasteiger partial charge in [0.25, 0.3) is 0 Å². The van der Waals surface area contributed by atoms with Gasteiger partial charge in [0.2, 0.25) is 5.89 Å². The average Bonchev–Trinajstić information content (AvgIpc) is 3.09. The molecule has 3 aromatic heterocycles. The minimum Gasteiger partial charge on any atom is -0.360 e.